The molecule has 0 heterocycles. The summed E-state index contributed by atoms with van der Waals surface area (Å²) < 4.78 is 5.17. The van der Waals surface area contributed by atoms with E-state index in [4.69, 9.17) is 14.9 Å². The van der Waals surface area contributed by atoms with Crippen molar-refractivity contribution in [3.8, 4) is 22.3 Å². The first kappa shape index (κ1) is 29.3. The van der Waals surface area contributed by atoms with Gasteiger partial charge >= 0.3 is 11.9 Å². The van der Waals surface area contributed by atoms with Crippen LogP contribution >= 0.6 is 0 Å². The largest absolute Gasteiger partial charge is 0.478 e. The van der Waals surface area contributed by atoms with Gasteiger partial charge in [0.25, 0.3) is 0 Å². The van der Waals surface area contributed by atoms with Crippen molar-refractivity contribution in [2.24, 2.45) is 0 Å². The number of aromatic carboxylic acids is 2. The molecule has 6 nitrogen and oxygen atoms in total. The van der Waals surface area contributed by atoms with Gasteiger partial charge in [0.05, 0.1) is 17.7 Å². The number of carboxylic acids is 2. The van der Waals surface area contributed by atoms with Crippen LogP contribution in [-0.4, -0.2) is 48.3 Å². The molecule has 0 aliphatic carbocycles. The molecule has 0 aliphatic rings. The van der Waals surface area contributed by atoms with E-state index in [1.807, 2.05) is 74.4 Å². The van der Waals surface area contributed by atoms with E-state index in [1.165, 1.54) is 5.56 Å². The number of hydrogen-bond acceptors (Lipinski definition) is 4. The molecule has 6 heteroatoms. The van der Waals surface area contributed by atoms with E-state index >= 15 is 0 Å². The van der Waals surface area contributed by atoms with Gasteiger partial charge in [-0.05, 0) is 96.7 Å². The molecule has 0 saturated carbocycles. The summed E-state index contributed by atoms with van der Waals surface area (Å²) in [6.07, 6.45) is 0. The highest BCUT2D eigenvalue weighted by molar-refractivity contribution is 5.90. The zero-order chi connectivity index (χ0) is 28.5. The normalized spacial score (nSPS) is 10.6. The lowest BCUT2D eigenvalue weighted by Crippen LogP contribution is -2.12. The Morgan fingerprint density at radius 1 is 0.667 bits per heavy atom. The molecular formula is C33H35NO5. The van der Waals surface area contributed by atoms with Crippen molar-refractivity contribution in [2.75, 3.05) is 21.2 Å². The highest BCUT2D eigenvalue weighted by Gasteiger charge is 2.13. The van der Waals surface area contributed by atoms with Crippen molar-refractivity contribution in [3.05, 3.63) is 118 Å². The number of ether oxygens (including phenoxy) is 1. The van der Waals surface area contributed by atoms with Gasteiger partial charge in [0.2, 0.25) is 0 Å². The van der Waals surface area contributed by atoms with E-state index in [9.17, 15) is 9.59 Å². The van der Waals surface area contributed by atoms with Crippen LogP contribution in [0.3, 0.4) is 0 Å². The van der Waals surface area contributed by atoms with Crippen LogP contribution in [0, 0.1) is 13.8 Å². The quantitative estimate of drug-likeness (QED) is 0.259. The minimum Gasteiger partial charge on any atom is -0.478 e. The van der Waals surface area contributed by atoms with Crippen molar-refractivity contribution in [2.45, 2.75) is 27.0 Å². The van der Waals surface area contributed by atoms with Crippen molar-refractivity contribution >= 4 is 11.9 Å². The van der Waals surface area contributed by atoms with Crippen molar-refractivity contribution in [1.82, 2.24) is 4.90 Å². The number of aryl methyl sites for hydroxylation is 2. The van der Waals surface area contributed by atoms with Crippen LogP contribution in [-0.2, 0) is 17.9 Å². The molecule has 0 radical (unpaired) electrons. The molecule has 0 atom stereocenters. The number of carboxylic acid groups (broad SMARTS) is 2. The molecule has 0 spiro atoms. The maximum absolute atomic E-state index is 11.1. The topological polar surface area (TPSA) is 87.1 Å². The standard InChI is InChI=1S/C17H19NO2.C16H16O3/c1-12-6-4-5-7-15(12)16-9-8-13(17(19)20)10-14(16)11-18(2)3;1-11-5-3-4-6-14(11)15-8-7-12(16(17)18)9-13(15)10-19-2/h4-10H,11H2,1-3H3,(H,19,20);3-9H,10H2,1-2H3,(H,17,18). The van der Waals surface area contributed by atoms with Crippen LogP contribution in [0.2, 0.25) is 0 Å². The fraction of sp³-hybridized carbons (Fsp3) is 0.212. The summed E-state index contributed by atoms with van der Waals surface area (Å²) in [4.78, 5) is 24.2. The molecule has 0 amide bonds. The summed E-state index contributed by atoms with van der Waals surface area (Å²) in [7, 11) is 5.57. The molecule has 0 aliphatic heterocycles. The number of carbonyl (C=O) groups is 2. The smallest absolute Gasteiger partial charge is 0.335 e. The lowest BCUT2D eigenvalue weighted by Gasteiger charge is -2.16. The van der Waals surface area contributed by atoms with Crippen molar-refractivity contribution in [1.29, 1.82) is 0 Å². The summed E-state index contributed by atoms with van der Waals surface area (Å²) >= 11 is 0. The average molecular weight is 526 g/mol. The summed E-state index contributed by atoms with van der Waals surface area (Å²) in [5, 5.41) is 18.2. The SMILES string of the molecule is COCc1cc(C(=O)O)ccc1-c1ccccc1C.Cc1ccccc1-c1ccc(C(=O)O)cc1CN(C)C. The molecule has 202 valence electrons. The third-order valence-corrected chi connectivity index (χ3v) is 6.36. The van der Waals surface area contributed by atoms with Gasteiger partial charge < -0.3 is 19.8 Å². The summed E-state index contributed by atoms with van der Waals surface area (Å²) in [5.74, 6) is -1.81. The van der Waals surface area contributed by atoms with Crippen LogP contribution in [0.1, 0.15) is 43.0 Å². The average Bonchev–Trinajstić information content (AvgIpc) is 2.90. The zero-order valence-electron chi connectivity index (χ0n) is 23.1. The van der Waals surface area contributed by atoms with E-state index < -0.39 is 11.9 Å². The molecule has 4 aromatic rings. The van der Waals surface area contributed by atoms with E-state index in [0.29, 0.717) is 18.7 Å². The Kier molecular flexibility index (Phi) is 10.1. The van der Waals surface area contributed by atoms with E-state index in [2.05, 4.69) is 19.1 Å². The minimum absolute atomic E-state index is 0.282. The predicted molar refractivity (Wildman–Crippen MR) is 155 cm³/mol. The summed E-state index contributed by atoms with van der Waals surface area (Å²) in [6, 6.07) is 26.7. The van der Waals surface area contributed by atoms with E-state index in [1.54, 1.807) is 31.4 Å². The van der Waals surface area contributed by atoms with Crippen LogP contribution in [0.4, 0.5) is 0 Å². The minimum atomic E-state index is -0.923. The molecule has 0 aromatic heterocycles. The molecule has 0 saturated heterocycles. The van der Waals surface area contributed by atoms with Crippen molar-refractivity contribution < 1.29 is 24.5 Å². The van der Waals surface area contributed by atoms with Gasteiger partial charge in [0.15, 0.2) is 0 Å². The number of benzene rings is 4. The Bertz CT molecular complexity index is 1460. The maximum Gasteiger partial charge on any atom is 0.335 e. The fourth-order valence-corrected chi connectivity index (χ4v) is 4.48. The number of nitrogens with zero attached hydrogens (tertiary/aromatic N) is 1. The first-order valence-corrected chi connectivity index (χ1v) is 12.6. The molecule has 0 bridgehead atoms. The van der Waals surface area contributed by atoms with Gasteiger partial charge in [0.1, 0.15) is 0 Å². The highest BCUT2D eigenvalue weighted by atomic mass is 16.5. The second-order valence-electron chi connectivity index (χ2n) is 9.65. The first-order valence-electron chi connectivity index (χ1n) is 12.6. The van der Waals surface area contributed by atoms with Gasteiger partial charge in [0, 0.05) is 13.7 Å². The van der Waals surface area contributed by atoms with Crippen molar-refractivity contribution in [3.63, 3.8) is 0 Å². The Morgan fingerprint density at radius 3 is 1.51 bits per heavy atom. The Labute approximate surface area is 230 Å². The van der Waals surface area contributed by atoms with Gasteiger partial charge in [-0.3, -0.25) is 0 Å². The number of rotatable bonds is 8. The van der Waals surface area contributed by atoms with E-state index in [0.717, 1.165) is 38.9 Å². The molecule has 0 fully saturated rings. The second kappa shape index (κ2) is 13.5. The molecular weight excluding hydrogens is 490 g/mol. The van der Waals surface area contributed by atoms with Gasteiger partial charge in [-0.1, -0.05) is 60.7 Å². The second-order valence-corrected chi connectivity index (χ2v) is 9.65. The van der Waals surface area contributed by atoms with Crippen LogP contribution in [0.15, 0.2) is 84.9 Å². The lowest BCUT2D eigenvalue weighted by atomic mass is 9.94. The van der Waals surface area contributed by atoms with Crippen LogP contribution < -0.4 is 0 Å². The first-order chi connectivity index (χ1) is 18.6. The van der Waals surface area contributed by atoms with Gasteiger partial charge in [-0.25, -0.2) is 9.59 Å². The zero-order valence-corrected chi connectivity index (χ0v) is 23.1. The molecule has 2 N–H and O–H groups in total. The van der Waals surface area contributed by atoms with Crippen LogP contribution in [0.5, 0.6) is 0 Å². The van der Waals surface area contributed by atoms with Gasteiger partial charge in [-0.15, -0.1) is 0 Å². The van der Waals surface area contributed by atoms with Gasteiger partial charge in [-0.2, -0.15) is 0 Å². The summed E-state index contributed by atoms with van der Waals surface area (Å²) in [6.45, 7) is 5.21. The highest BCUT2D eigenvalue weighted by Crippen LogP contribution is 2.29. The Morgan fingerprint density at radius 2 is 1.10 bits per heavy atom. The fourth-order valence-electron chi connectivity index (χ4n) is 4.48. The number of hydrogen-bond donors (Lipinski definition) is 2. The molecule has 4 rings (SSSR count). The lowest BCUT2D eigenvalue weighted by molar-refractivity contribution is 0.0686. The number of methoxy groups -OCH3 is 1. The summed E-state index contributed by atoms with van der Waals surface area (Å²) in [5.41, 5.74) is 9.25. The Hall–Kier alpha value is -4.26. The predicted octanol–water partition coefficient (Wildman–Crippen LogP) is 6.93. The molecule has 0 unspecified atom stereocenters. The van der Waals surface area contributed by atoms with Crippen LogP contribution in [0.25, 0.3) is 22.3 Å². The Balaban J connectivity index is 0.000000216. The molecule has 39 heavy (non-hydrogen) atoms. The maximum atomic E-state index is 11.1. The molecule has 4 aromatic carbocycles. The third-order valence-electron chi connectivity index (χ3n) is 6.36. The third kappa shape index (κ3) is 7.63. The van der Waals surface area contributed by atoms with E-state index in [-0.39, 0.29) is 5.56 Å². The monoisotopic (exact) mass is 525 g/mol.